The van der Waals surface area contributed by atoms with Crippen LogP contribution >= 0.6 is 0 Å². The van der Waals surface area contributed by atoms with E-state index in [0.29, 0.717) is 12.0 Å². The molecule has 2 saturated heterocycles. The van der Waals surface area contributed by atoms with Crippen molar-refractivity contribution in [2.45, 2.75) is 51.5 Å². The van der Waals surface area contributed by atoms with E-state index in [-0.39, 0.29) is 5.91 Å². The number of likely N-dealkylation sites (tertiary alicyclic amines) is 2. The number of amides is 1. The number of rotatable bonds is 3. The predicted molar refractivity (Wildman–Crippen MR) is 108 cm³/mol. The van der Waals surface area contributed by atoms with Gasteiger partial charge in [0.2, 0.25) is 5.91 Å². The molecule has 3 heterocycles. The van der Waals surface area contributed by atoms with Gasteiger partial charge in [-0.2, -0.15) is 5.10 Å². The number of aromatic amines is 1. The second-order valence-corrected chi connectivity index (χ2v) is 8.11. The van der Waals surface area contributed by atoms with Gasteiger partial charge in [0.1, 0.15) is 0 Å². The Balaban J connectivity index is 1.38. The molecule has 1 aromatic carbocycles. The Morgan fingerprint density at radius 3 is 2.52 bits per heavy atom. The second-order valence-electron chi connectivity index (χ2n) is 8.11. The van der Waals surface area contributed by atoms with Gasteiger partial charge in [-0.05, 0) is 51.3 Å². The zero-order chi connectivity index (χ0) is 18.8. The minimum atomic E-state index is 0.218. The van der Waals surface area contributed by atoms with E-state index in [9.17, 15) is 4.79 Å². The molecule has 2 aliphatic rings. The zero-order valence-electron chi connectivity index (χ0n) is 16.4. The maximum atomic E-state index is 11.5. The van der Waals surface area contributed by atoms with Gasteiger partial charge in [0.15, 0.2) is 0 Å². The minimum absolute atomic E-state index is 0.218. The molecule has 0 spiro atoms. The first kappa shape index (κ1) is 18.2. The summed E-state index contributed by atoms with van der Waals surface area (Å²) in [5.41, 5.74) is 5.10. The fourth-order valence-corrected chi connectivity index (χ4v) is 4.75. The summed E-state index contributed by atoms with van der Waals surface area (Å²) in [7, 11) is 0. The van der Waals surface area contributed by atoms with Gasteiger partial charge in [-0.3, -0.25) is 9.89 Å². The summed E-state index contributed by atoms with van der Waals surface area (Å²) in [6.07, 6.45) is 6.56. The Kier molecular flexibility index (Phi) is 5.30. The summed E-state index contributed by atoms with van der Waals surface area (Å²) in [4.78, 5) is 16.2. The average molecular weight is 367 g/mol. The van der Waals surface area contributed by atoms with E-state index in [2.05, 4.69) is 46.3 Å². The van der Waals surface area contributed by atoms with Crippen molar-refractivity contribution in [3.8, 4) is 11.1 Å². The van der Waals surface area contributed by atoms with E-state index >= 15 is 0 Å². The average Bonchev–Trinajstić information content (AvgIpc) is 3.18. The number of hydrogen-bond acceptors (Lipinski definition) is 3. The Hall–Kier alpha value is -2.14. The van der Waals surface area contributed by atoms with Crippen LogP contribution in [0.25, 0.3) is 11.1 Å². The van der Waals surface area contributed by atoms with Crippen LogP contribution in [-0.2, 0) is 4.79 Å². The number of hydrogen-bond donors (Lipinski definition) is 1. The lowest BCUT2D eigenvalue weighted by Gasteiger charge is -2.41. The molecule has 0 aliphatic carbocycles. The molecule has 2 aromatic rings. The molecular weight excluding hydrogens is 336 g/mol. The van der Waals surface area contributed by atoms with Crippen molar-refractivity contribution < 1.29 is 4.79 Å². The number of nitrogens with zero attached hydrogens (tertiary/aromatic N) is 3. The van der Waals surface area contributed by atoms with E-state index in [4.69, 9.17) is 0 Å². The fourth-order valence-electron chi connectivity index (χ4n) is 4.75. The van der Waals surface area contributed by atoms with Crippen LogP contribution in [0, 0.1) is 6.92 Å². The van der Waals surface area contributed by atoms with Gasteiger partial charge in [-0.25, -0.2) is 0 Å². The van der Waals surface area contributed by atoms with E-state index in [1.807, 2.05) is 11.1 Å². The molecule has 2 fully saturated rings. The number of piperidine rings is 2. The van der Waals surface area contributed by atoms with Crippen LogP contribution < -0.4 is 0 Å². The molecule has 4 rings (SSSR count). The smallest absolute Gasteiger partial charge is 0.219 e. The summed E-state index contributed by atoms with van der Waals surface area (Å²) in [5.74, 6) is 0.770. The molecule has 0 saturated carbocycles. The van der Waals surface area contributed by atoms with Crippen molar-refractivity contribution in [2.75, 3.05) is 26.2 Å². The van der Waals surface area contributed by atoms with Gasteiger partial charge >= 0.3 is 0 Å². The molecule has 1 amide bonds. The third kappa shape index (κ3) is 3.93. The summed E-state index contributed by atoms with van der Waals surface area (Å²) in [6, 6.07) is 9.32. The highest BCUT2D eigenvalue weighted by atomic mass is 16.2. The molecule has 5 nitrogen and oxygen atoms in total. The van der Waals surface area contributed by atoms with Crippen LogP contribution in [0.1, 0.15) is 49.8 Å². The number of aromatic nitrogens is 2. The van der Waals surface area contributed by atoms with E-state index in [1.54, 1.807) is 6.92 Å². The number of benzene rings is 1. The lowest BCUT2D eigenvalue weighted by Crippen LogP contribution is -2.48. The molecule has 0 atom stereocenters. The summed E-state index contributed by atoms with van der Waals surface area (Å²) >= 11 is 0. The maximum absolute atomic E-state index is 11.5. The van der Waals surface area contributed by atoms with Crippen molar-refractivity contribution in [3.63, 3.8) is 0 Å². The molecule has 0 unspecified atom stereocenters. The zero-order valence-corrected chi connectivity index (χ0v) is 16.4. The molecule has 144 valence electrons. The van der Waals surface area contributed by atoms with Gasteiger partial charge in [0.05, 0.1) is 6.20 Å². The predicted octanol–water partition coefficient (Wildman–Crippen LogP) is 3.58. The number of nitrogens with one attached hydrogen (secondary N) is 1. The van der Waals surface area contributed by atoms with Crippen LogP contribution in [0.5, 0.6) is 0 Å². The van der Waals surface area contributed by atoms with Crippen molar-refractivity contribution in [1.29, 1.82) is 0 Å². The Morgan fingerprint density at radius 1 is 1.11 bits per heavy atom. The van der Waals surface area contributed by atoms with Crippen LogP contribution in [0.2, 0.25) is 0 Å². The first-order valence-corrected chi connectivity index (χ1v) is 10.2. The van der Waals surface area contributed by atoms with Crippen molar-refractivity contribution in [1.82, 2.24) is 20.0 Å². The fraction of sp³-hybridized carbons (Fsp3) is 0.545. The van der Waals surface area contributed by atoms with Gasteiger partial charge in [-0.15, -0.1) is 0 Å². The van der Waals surface area contributed by atoms with Crippen molar-refractivity contribution in [3.05, 3.63) is 41.7 Å². The minimum Gasteiger partial charge on any atom is -0.343 e. The topological polar surface area (TPSA) is 52.2 Å². The molecule has 1 aromatic heterocycles. The Bertz CT molecular complexity index is 783. The Morgan fingerprint density at radius 2 is 1.85 bits per heavy atom. The molecular formula is C22H30N4O. The van der Waals surface area contributed by atoms with Crippen LogP contribution in [0.15, 0.2) is 30.5 Å². The SMILES string of the molecule is CC(=O)N1CCC(N2CCC(c3[nH]ncc3-c3cccc(C)c3)CC2)CC1. The maximum Gasteiger partial charge on any atom is 0.219 e. The number of carbonyl (C=O) groups is 1. The van der Waals surface area contributed by atoms with E-state index < -0.39 is 0 Å². The highest BCUT2D eigenvalue weighted by Gasteiger charge is 2.30. The van der Waals surface area contributed by atoms with Crippen LogP contribution in [0.3, 0.4) is 0 Å². The summed E-state index contributed by atoms with van der Waals surface area (Å²) in [6.45, 7) is 7.93. The van der Waals surface area contributed by atoms with Gasteiger partial charge in [0, 0.05) is 43.2 Å². The van der Waals surface area contributed by atoms with Crippen LogP contribution in [0.4, 0.5) is 0 Å². The van der Waals surface area contributed by atoms with Crippen molar-refractivity contribution >= 4 is 5.91 Å². The first-order valence-electron chi connectivity index (χ1n) is 10.2. The van der Waals surface area contributed by atoms with Crippen molar-refractivity contribution in [2.24, 2.45) is 0 Å². The van der Waals surface area contributed by atoms with Gasteiger partial charge < -0.3 is 9.80 Å². The third-order valence-electron chi connectivity index (χ3n) is 6.36. The molecule has 27 heavy (non-hydrogen) atoms. The number of aryl methyl sites for hydroxylation is 1. The summed E-state index contributed by atoms with van der Waals surface area (Å²) < 4.78 is 0. The third-order valence-corrected chi connectivity index (χ3v) is 6.36. The highest BCUT2D eigenvalue weighted by molar-refractivity contribution is 5.73. The largest absolute Gasteiger partial charge is 0.343 e. The lowest BCUT2D eigenvalue weighted by molar-refractivity contribution is -0.130. The number of carbonyl (C=O) groups excluding carboxylic acids is 1. The molecule has 1 N–H and O–H groups in total. The quantitative estimate of drug-likeness (QED) is 0.903. The van der Waals surface area contributed by atoms with Crippen LogP contribution in [-0.4, -0.2) is 58.1 Å². The van der Waals surface area contributed by atoms with E-state index in [1.165, 1.54) is 35.2 Å². The first-order chi connectivity index (χ1) is 13.1. The number of H-pyrrole nitrogens is 1. The second kappa shape index (κ2) is 7.85. The standard InChI is InChI=1S/C22H30N4O/c1-16-4-3-5-19(14-16)21-15-23-24-22(21)18-6-10-26(11-7-18)20-8-12-25(13-9-20)17(2)27/h3-5,14-15,18,20H,6-13H2,1-2H3,(H,23,24). The monoisotopic (exact) mass is 366 g/mol. The highest BCUT2D eigenvalue weighted by Crippen LogP contribution is 2.35. The normalized spacial score (nSPS) is 20.1. The van der Waals surface area contributed by atoms with Gasteiger partial charge in [0.25, 0.3) is 0 Å². The lowest BCUT2D eigenvalue weighted by atomic mass is 9.88. The Labute approximate surface area is 161 Å². The molecule has 0 radical (unpaired) electrons. The van der Waals surface area contributed by atoms with Gasteiger partial charge in [-0.1, -0.05) is 29.8 Å². The van der Waals surface area contributed by atoms with E-state index in [0.717, 1.165) is 39.0 Å². The summed E-state index contributed by atoms with van der Waals surface area (Å²) in [5, 5.41) is 7.65. The molecule has 5 heteroatoms. The molecule has 0 bridgehead atoms. The molecule has 2 aliphatic heterocycles.